The molecule has 0 radical (unpaired) electrons. The first-order valence-electron chi connectivity index (χ1n) is 8.40. The van der Waals surface area contributed by atoms with Gasteiger partial charge in [0.2, 0.25) is 0 Å². The summed E-state index contributed by atoms with van der Waals surface area (Å²) in [6.07, 6.45) is 2.12. The number of hydrogen-bond donors (Lipinski definition) is 0. The smallest absolute Gasteiger partial charge is 0.199 e. The van der Waals surface area contributed by atoms with Crippen LogP contribution in [0.5, 0.6) is 0 Å². The summed E-state index contributed by atoms with van der Waals surface area (Å²) in [4.78, 5) is 3.30. The average molecular weight is 409 g/mol. The van der Waals surface area contributed by atoms with Crippen LogP contribution in [-0.4, -0.2) is 26.3 Å². The Bertz CT molecular complexity index is 989. The zero-order chi connectivity index (χ0) is 18.3. The minimum absolute atomic E-state index is 0.275. The molecule has 1 aliphatic carbocycles. The van der Waals surface area contributed by atoms with Gasteiger partial charge in [0.1, 0.15) is 5.82 Å². The van der Waals surface area contributed by atoms with E-state index in [2.05, 4.69) is 10.00 Å². The molecule has 4 rings (SSSR count). The van der Waals surface area contributed by atoms with Gasteiger partial charge in [-0.15, -0.1) is 11.3 Å². The molecule has 0 aliphatic heterocycles. The zero-order valence-corrected chi connectivity index (χ0v) is 16.6. The van der Waals surface area contributed by atoms with E-state index in [-0.39, 0.29) is 5.82 Å². The summed E-state index contributed by atoms with van der Waals surface area (Å²) in [5.41, 5.74) is 0.497. The lowest BCUT2D eigenvalue weighted by Crippen LogP contribution is -2.22. The van der Waals surface area contributed by atoms with Gasteiger partial charge < -0.3 is 0 Å². The predicted octanol–water partition coefficient (Wildman–Crippen LogP) is 5.36. The van der Waals surface area contributed by atoms with Crippen LogP contribution in [0.2, 0.25) is 4.34 Å². The van der Waals surface area contributed by atoms with Crippen molar-refractivity contribution < 1.29 is 4.39 Å². The lowest BCUT2D eigenvalue weighted by atomic mass is 10.2. The number of thiophene rings is 1. The molecule has 8 heteroatoms. The highest BCUT2D eigenvalue weighted by molar-refractivity contribution is 7.71. The number of hydrogen-bond acceptors (Lipinski definition) is 4. The Morgan fingerprint density at radius 2 is 2.08 bits per heavy atom. The average Bonchev–Trinajstić information content (AvgIpc) is 3.28. The number of benzene rings is 1. The van der Waals surface area contributed by atoms with Crippen LogP contribution in [0, 0.1) is 10.6 Å². The van der Waals surface area contributed by atoms with Crippen LogP contribution in [-0.2, 0) is 13.2 Å². The van der Waals surface area contributed by atoms with Crippen molar-refractivity contribution in [2.45, 2.75) is 32.1 Å². The van der Waals surface area contributed by atoms with E-state index in [0.29, 0.717) is 28.9 Å². The molecular formula is C18H18ClFN4S2. The van der Waals surface area contributed by atoms with Gasteiger partial charge in [-0.3, -0.25) is 9.47 Å². The van der Waals surface area contributed by atoms with Gasteiger partial charge in [0.15, 0.2) is 10.6 Å². The highest BCUT2D eigenvalue weighted by Gasteiger charge is 2.30. The minimum Gasteiger partial charge on any atom is -0.297 e. The third-order valence-corrected chi connectivity index (χ3v) is 5.95. The first kappa shape index (κ1) is 17.9. The maximum absolute atomic E-state index is 14.3. The number of rotatable bonds is 6. The van der Waals surface area contributed by atoms with E-state index in [9.17, 15) is 4.39 Å². The molecule has 0 N–H and O–H groups in total. The van der Waals surface area contributed by atoms with Crippen molar-refractivity contribution in [3.8, 4) is 11.4 Å². The van der Waals surface area contributed by atoms with Crippen LogP contribution in [0.4, 0.5) is 4.39 Å². The second-order valence-corrected chi connectivity index (χ2v) is 8.71. The van der Waals surface area contributed by atoms with E-state index in [1.165, 1.54) is 10.9 Å². The molecule has 136 valence electrons. The van der Waals surface area contributed by atoms with Crippen molar-refractivity contribution in [1.82, 2.24) is 19.2 Å². The maximum Gasteiger partial charge on any atom is 0.199 e. The van der Waals surface area contributed by atoms with Crippen molar-refractivity contribution in [3.63, 3.8) is 0 Å². The molecule has 26 heavy (non-hydrogen) atoms. The largest absolute Gasteiger partial charge is 0.297 e. The lowest BCUT2D eigenvalue weighted by molar-refractivity contribution is 0.246. The van der Waals surface area contributed by atoms with Crippen molar-refractivity contribution in [2.75, 3.05) is 7.05 Å². The Morgan fingerprint density at radius 3 is 2.73 bits per heavy atom. The summed E-state index contributed by atoms with van der Waals surface area (Å²) >= 11 is 13.2. The van der Waals surface area contributed by atoms with Gasteiger partial charge in [-0.25, -0.2) is 9.07 Å². The summed E-state index contributed by atoms with van der Waals surface area (Å²) in [6.45, 7) is 1.29. The first-order chi connectivity index (χ1) is 12.5. The fraction of sp³-hybridized carbons (Fsp3) is 0.333. The molecule has 0 amide bonds. The van der Waals surface area contributed by atoms with E-state index in [1.54, 1.807) is 28.2 Å². The topological polar surface area (TPSA) is 26.0 Å². The Morgan fingerprint density at radius 1 is 1.31 bits per heavy atom. The summed E-state index contributed by atoms with van der Waals surface area (Å²) in [7, 11) is 2.01. The Balaban J connectivity index is 1.64. The quantitative estimate of drug-likeness (QED) is 0.513. The molecule has 2 aromatic heterocycles. The molecule has 0 unspecified atom stereocenters. The highest BCUT2D eigenvalue weighted by atomic mass is 35.5. The Kier molecular flexibility index (Phi) is 4.96. The molecule has 1 fully saturated rings. The van der Waals surface area contributed by atoms with E-state index in [0.717, 1.165) is 23.7 Å². The second-order valence-electron chi connectivity index (χ2n) is 6.55. The molecular weight excluding hydrogens is 391 g/mol. The SMILES string of the molecule is CN(Cc1ccc(Cl)s1)Cn1nc(-c2ccccc2F)n(C2CC2)c1=S. The van der Waals surface area contributed by atoms with Gasteiger partial charge in [-0.1, -0.05) is 23.7 Å². The fourth-order valence-electron chi connectivity index (χ4n) is 2.98. The molecule has 1 saturated carbocycles. The van der Waals surface area contributed by atoms with Crippen molar-refractivity contribution in [1.29, 1.82) is 0 Å². The fourth-order valence-corrected chi connectivity index (χ4v) is 4.48. The van der Waals surface area contributed by atoms with E-state index >= 15 is 0 Å². The number of aromatic nitrogens is 3. The summed E-state index contributed by atoms with van der Waals surface area (Å²) in [5, 5.41) is 4.66. The molecule has 0 saturated heterocycles. The lowest BCUT2D eigenvalue weighted by Gasteiger charge is -2.15. The van der Waals surface area contributed by atoms with Gasteiger partial charge in [-0.2, -0.15) is 5.10 Å². The maximum atomic E-state index is 14.3. The van der Waals surface area contributed by atoms with Gasteiger partial charge >= 0.3 is 0 Å². The van der Waals surface area contributed by atoms with E-state index < -0.39 is 0 Å². The van der Waals surface area contributed by atoms with E-state index in [1.807, 2.05) is 29.8 Å². The molecule has 0 spiro atoms. The van der Waals surface area contributed by atoms with Crippen molar-refractivity contribution in [2.24, 2.45) is 0 Å². The van der Waals surface area contributed by atoms with Gasteiger partial charge in [0.25, 0.3) is 0 Å². The molecule has 4 nitrogen and oxygen atoms in total. The van der Waals surface area contributed by atoms with Gasteiger partial charge in [-0.05, 0) is 56.4 Å². The first-order valence-corrected chi connectivity index (χ1v) is 10.00. The molecule has 0 bridgehead atoms. The van der Waals surface area contributed by atoms with Gasteiger partial charge in [0.05, 0.1) is 16.6 Å². The molecule has 1 aliphatic rings. The third kappa shape index (κ3) is 3.62. The molecule has 0 atom stereocenters. The van der Waals surface area contributed by atoms with Crippen molar-refractivity contribution >= 4 is 35.2 Å². The van der Waals surface area contributed by atoms with Crippen LogP contribution in [0.15, 0.2) is 36.4 Å². The van der Waals surface area contributed by atoms with Crippen LogP contribution in [0.1, 0.15) is 23.8 Å². The number of nitrogens with zero attached hydrogens (tertiary/aromatic N) is 4. The normalized spacial score (nSPS) is 14.3. The zero-order valence-electron chi connectivity index (χ0n) is 14.2. The Labute approximate surface area is 165 Å². The summed E-state index contributed by atoms with van der Waals surface area (Å²) in [5.74, 6) is 0.339. The van der Waals surface area contributed by atoms with Crippen LogP contribution in [0.3, 0.4) is 0 Å². The monoisotopic (exact) mass is 408 g/mol. The molecule has 2 heterocycles. The summed E-state index contributed by atoms with van der Waals surface area (Å²) < 4.78 is 19.5. The highest BCUT2D eigenvalue weighted by Crippen LogP contribution is 2.39. The van der Waals surface area contributed by atoms with Crippen LogP contribution >= 0.6 is 35.2 Å². The minimum atomic E-state index is -0.275. The van der Waals surface area contributed by atoms with E-state index in [4.69, 9.17) is 23.8 Å². The Hall–Kier alpha value is -1.54. The van der Waals surface area contributed by atoms with Gasteiger partial charge in [0, 0.05) is 17.5 Å². The third-order valence-electron chi connectivity index (χ3n) is 4.33. The predicted molar refractivity (Wildman–Crippen MR) is 106 cm³/mol. The van der Waals surface area contributed by atoms with Crippen LogP contribution < -0.4 is 0 Å². The summed E-state index contributed by atoms with van der Waals surface area (Å²) in [6, 6.07) is 11.0. The van der Waals surface area contributed by atoms with Crippen LogP contribution in [0.25, 0.3) is 11.4 Å². The molecule has 1 aromatic carbocycles. The molecule has 3 aromatic rings. The van der Waals surface area contributed by atoms with Crippen molar-refractivity contribution in [3.05, 3.63) is 56.2 Å². The number of halogens is 2. The standard InChI is InChI=1S/C18H18ClFN4S2/c1-22(10-13-8-9-16(19)26-13)11-23-18(25)24(12-6-7-12)17(21-23)14-4-2-3-5-15(14)20/h2-5,8-9,12H,6-7,10-11H2,1H3. The second kappa shape index (κ2) is 7.23.